The lowest BCUT2D eigenvalue weighted by molar-refractivity contribution is 0.475. The lowest BCUT2D eigenvalue weighted by atomic mass is 9.82. The predicted molar refractivity (Wildman–Crippen MR) is 138 cm³/mol. The highest BCUT2D eigenvalue weighted by Crippen LogP contribution is 2.54. The molecule has 0 radical (unpaired) electrons. The third-order valence-corrected chi connectivity index (χ3v) is 7.09. The summed E-state index contributed by atoms with van der Waals surface area (Å²) in [5.41, 5.74) is 8.95. The largest absolute Gasteiger partial charge is 0.508 e. The molecule has 4 nitrogen and oxygen atoms in total. The van der Waals surface area contributed by atoms with Crippen LogP contribution in [0.3, 0.4) is 0 Å². The molecule has 1 aromatic heterocycles. The summed E-state index contributed by atoms with van der Waals surface area (Å²) in [5.74, 6) is 0.699. The van der Waals surface area contributed by atoms with Crippen LogP contribution in [0.4, 0.5) is 5.69 Å². The van der Waals surface area contributed by atoms with Crippen molar-refractivity contribution in [3.05, 3.63) is 103 Å². The molecule has 0 spiro atoms. The van der Waals surface area contributed by atoms with Crippen molar-refractivity contribution in [1.82, 2.24) is 4.98 Å². The van der Waals surface area contributed by atoms with Gasteiger partial charge in [-0.25, -0.2) is 0 Å². The molecule has 4 aromatic carbocycles. The molecule has 34 heavy (non-hydrogen) atoms. The second kappa shape index (κ2) is 7.03. The standard InChI is InChI=1S/C30H22N2O2/c33-19-13-9-17(10-14-19)25-27-21-5-1-3-7-23(21)31-29(27)26(18-11-15-20(34)16-12-18)28-22-6-2-4-8-24(22)32-30(25)28/h1-16,21,23,31-34H. The SMILES string of the molecule is Oc1ccc(-c2c3c(c(-c4ccc(O)cc4)c4c2[nH]c2ccccc24)NC2C=CC=CC32)cc1. The molecule has 2 atom stereocenters. The molecule has 4 heteroatoms. The van der Waals surface area contributed by atoms with E-state index in [4.69, 9.17) is 0 Å². The molecule has 4 N–H and O–H groups in total. The lowest BCUT2D eigenvalue weighted by Crippen LogP contribution is -2.17. The summed E-state index contributed by atoms with van der Waals surface area (Å²) in [6, 6.07) is 23.5. The highest BCUT2D eigenvalue weighted by molar-refractivity contribution is 6.22. The van der Waals surface area contributed by atoms with Gasteiger partial charge in [0.25, 0.3) is 0 Å². The average Bonchev–Trinajstić information content (AvgIpc) is 3.43. The number of allylic oxidation sites excluding steroid dienone is 2. The Hall–Kier alpha value is -4.44. The van der Waals surface area contributed by atoms with Gasteiger partial charge in [0.05, 0.1) is 11.6 Å². The number of benzene rings is 4. The zero-order valence-corrected chi connectivity index (χ0v) is 18.3. The molecular weight excluding hydrogens is 420 g/mol. The van der Waals surface area contributed by atoms with Crippen LogP contribution in [-0.2, 0) is 0 Å². The van der Waals surface area contributed by atoms with Crippen LogP contribution in [0.5, 0.6) is 11.5 Å². The van der Waals surface area contributed by atoms with Crippen molar-refractivity contribution in [3.8, 4) is 33.8 Å². The minimum Gasteiger partial charge on any atom is -0.508 e. The third kappa shape index (κ3) is 2.66. The van der Waals surface area contributed by atoms with Gasteiger partial charge in [0.1, 0.15) is 11.5 Å². The number of aromatic amines is 1. The first kappa shape index (κ1) is 19.1. The number of phenolic OH excluding ortho intramolecular Hbond substituents is 2. The Morgan fingerprint density at radius 2 is 1.32 bits per heavy atom. The number of para-hydroxylation sites is 1. The highest BCUT2D eigenvalue weighted by atomic mass is 16.3. The van der Waals surface area contributed by atoms with Crippen molar-refractivity contribution in [2.75, 3.05) is 5.32 Å². The first-order valence-electron chi connectivity index (χ1n) is 11.5. The Balaban J connectivity index is 1.68. The van der Waals surface area contributed by atoms with E-state index < -0.39 is 0 Å². The molecule has 5 aromatic rings. The van der Waals surface area contributed by atoms with Crippen molar-refractivity contribution in [1.29, 1.82) is 0 Å². The maximum atomic E-state index is 9.97. The smallest absolute Gasteiger partial charge is 0.115 e. The number of phenols is 2. The number of anilines is 1. The molecule has 164 valence electrons. The normalized spacial score (nSPS) is 18.2. The Morgan fingerprint density at radius 3 is 2.06 bits per heavy atom. The van der Waals surface area contributed by atoms with Gasteiger partial charge < -0.3 is 20.5 Å². The van der Waals surface area contributed by atoms with Crippen LogP contribution in [0.25, 0.3) is 44.1 Å². The fraction of sp³-hybridized carbons (Fsp3) is 0.0667. The van der Waals surface area contributed by atoms with E-state index in [2.05, 4.69) is 58.9 Å². The van der Waals surface area contributed by atoms with Crippen LogP contribution < -0.4 is 5.32 Å². The van der Waals surface area contributed by atoms with Crippen LogP contribution >= 0.6 is 0 Å². The summed E-state index contributed by atoms with van der Waals surface area (Å²) < 4.78 is 0. The second-order valence-corrected chi connectivity index (χ2v) is 9.02. The Morgan fingerprint density at radius 1 is 0.676 bits per heavy atom. The molecule has 1 aliphatic carbocycles. The van der Waals surface area contributed by atoms with E-state index in [0.29, 0.717) is 0 Å². The van der Waals surface area contributed by atoms with Gasteiger partial charge >= 0.3 is 0 Å². The zero-order chi connectivity index (χ0) is 22.8. The minimum atomic E-state index is 0.171. The van der Waals surface area contributed by atoms with E-state index in [9.17, 15) is 10.2 Å². The summed E-state index contributed by atoms with van der Waals surface area (Å²) in [4.78, 5) is 3.72. The maximum absolute atomic E-state index is 9.97. The van der Waals surface area contributed by atoms with E-state index in [-0.39, 0.29) is 23.5 Å². The van der Waals surface area contributed by atoms with Crippen molar-refractivity contribution in [3.63, 3.8) is 0 Å². The monoisotopic (exact) mass is 442 g/mol. The quantitative estimate of drug-likeness (QED) is 0.236. The number of nitrogens with one attached hydrogen (secondary N) is 2. The van der Waals surface area contributed by atoms with Crippen LogP contribution in [0, 0.1) is 0 Å². The van der Waals surface area contributed by atoms with Crippen molar-refractivity contribution >= 4 is 27.5 Å². The van der Waals surface area contributed by atoms with Gasteiger partial charge in [-0.1, -0.05) is 66.8 Å². The molecule has 0 fully saturated rings. The molecule has 2 heterocycles. The predicted octanol–water partition coefficient (Wildman–Crippen LogP) is 7.07. The van der Waals surface area contributed by atoms with Crippen LogP contribution in [-0.4, -0.2) is 21.2 Å². The van der Waals surface area contributed by atoms with E-state index >= 15 is 0 Å². The van der Waals surface area contributed by atoms with E-state index in [1.54, 1.807) is 24.3 Å². The summed E-state index contributed by atoms with van der Waals surface area (Å²) in [6.45, 7) is 0. The Kier molecular flexibility index (Phi) is 3.94. The Labute approximate surface area is 196 Å². The van der Waals surface area contributed by atoms with Crippen molar-refractivity contribution in [2.45, 2.75) is 12.0 Å². The second-order valence-electron chi connectivity index (χ2n) is 9.02. The summed E-state index contributed by atoms with van der Waals surface area (Å²) in [5, 5.41) is 26.1. The maximum Gasteiger partial charge on any atom is 0.115 e. The molecule has 2 aliphatic rings. The average molecular weight is 443 g/mol. The van der Waals surface area contributed by atoms with Crippen LogP contribution in [0.2, 0.25) is 0 Å². The molecular formula is C30H22N2O2. The first-order chi connectivity index (χ1) is 16.7. The number of aromatic nitrogens is 1. The fourth-order valence-corrected chi connectivity index (χ4v) is 5.62. The lowest BCUT2D eigenvalue weighted by Gasteiger charge is -2.19. The summed E-state index contributed by atoms with van der Waals surface area (Å²) in [6.07, 6.45) is 8.71. The number of rotatable bonds is 2. The number of fused-ring (bicyclic) bond motifs is 6. The molecule has 0 saturated heterocycles. The Bertz CT molecular complexity index is 1640. The van der Waals surface area contributed by atoms with Gasteiger partial charge in [-0.2, -0.15) is 0 Å². The molecule has 0 amide bonds. The van der Waals surface area contributed by atoms with E-state index in [1.807, 2.05) is 24.3 Å². The molecule has 7 rings (SSSR count). The number of hydrogen-bond acceptors (Lipinski definition) is 3. The minimum absolute atomic E-state index is 0.171. The van der Waals surface area contributed by atoms with Crippen molar-refractivity contribution in [2.24, 2.45) is 0 Å². The number of H-pyrrole nitrogens is 1. The molecule has 1 aliphatic heterocycles. The first-order valence-corrected chi connectivity index (χ1v) is 11.5. The van der Waals surface area contributed by atoms with Gasteiger partial charge in [-0.15, -0.1) is 0 Å². The fourth-order valence-electron chi connectivity index (χ4n) is 5.62. The topological polar surface area (TPSA) is 68.3 Å². The third-order valence-electron chi connectivity index (χ3n) is 7.09. The van der Waals surface area contributed by atoms with Gasteiger partial charge in [-0.3, -0.25) is 0 Å². The summed E-state index contributed by atoms with van der Waals surface area (Å²) in [7, 11) is 0. The van der Waals surface area contributed by atoms with Gasteiger partial charge in [0.2, 0.25) is 0 Å². The van der Waals surface area contributed by atoms with Gasteiger partial charge in [0.15, 0.2) is 0 Å². The molecule has 0 saturated carbocycles. The van der Waals surface area contributed by atoms with E-state index in [1.165, 1.54) is 5.56 Å². The van der Waals surface area contributed by atoms with Gasteiger partial charge in [0, 0.05) is 39.0 Å². The van der Waals surface area contributed by atoms with Crippen LogP contribution in [0.1, 0.15) is 11.5 Å². The zero-order valence-electron chi connectivity index (χ0n) is 18.3. The highest BCUT2D eigenvalue weighted by Gasteiger charge is 2.37. The summed E-state index contributed by atoms with van der Waals surface area (Å²) >= 11 is 0. The number of aromatic hydroxyl groups is 2. The molecule has 2 unspecified atom stereocenters. The molecule has 0 bridgehead atoms. The van der Waals surface area contributed by atoms with Crippen molar-refractivity contribution < 1.29 is 10.2 Å². The van der Waals surface area contributed by atoms with Crippen LogP contribution in [0.15, 0.2) is 97.1 Å². The van der Waals surface area contributed by atoms with Gasteiger partial charge in [-0.05, 0) is 47.0 Å². The number of hydrogen-bond donors (Lipinski definition) is 4. The van der Waals surface area contributed by atoms with E-state index in [0.717, 1.165) is 49.7 Å².